The van der Waals surface area contributed by atoms with Crippen LogP contribution in [0.4, 0.5) is 0 Å². The summed E-state index contributed by atoms with van der Waals surface area (Å²) in [6.07, 6.45) is 0. The van der Waals surface area contributed by atoms with Gasteiger partial charge in [-0.2, -0.15) is 5.10 Å². The minimum Gasteiger partial charge on any atom is -0.270 e. The fourth-order valence-electron chi connectivity index (χ4n) is 1.46. The molecule has 3 nitrogen and oxygen atoms in total. The number of hydrogen-bond donors (Lipinski definition) is 1. The third-order valence-corrected chi connectivity index (χ3v) is 2.97. The molecule has 1 N–H and O–H groups in total. The minimum atomic E-state index is -1.12. The molecule has 0 saturated carbocycles. The number of hydrazone groups is 1. The number of hydrogen-bond acceptors (Lipinski definition) is 2. The number of carbonyl (C=O) groups excluding carboxylic acids is 1. The predicted octanol–water partition coefficient (Wildman–Crippen LogP) is 1.63. The molecule has 0 bridgehead atoms. The molecule has 0 aromatic heterocycles. The van der Waals surface area contributed by atoms with E-state index in [0.29, 0.717) is 5.71 Å². The molecule has 1 aliphatic rings. The van der Waals surface area contributed by atoms with Crippen LogP contribution in [0.5, 0.6) is 0 Å². The Morgan fingerprint density at radius 1 is 1.36 bits per heavy atom. The van der Waals surface area contributed by atoms with Crippen LogP contribution >= 0.6 is 11.6 Å². The first-order valence-corrected chi connectivity index (χ1v) is 4.63. The number of nitrogens with one attached hydrogen (secondary N) is 1. The Balaban J connectivity index is 2.52. The van der Waals surface area contributed by atoms with E-state index in [2.05, 4.69) is 10.5 Å². The lowest BCUT2D eigenvalue weighted by Gasteiger charge is -2.18. The molecule has 1 aromatic carbocycles. The second kappa shape index (κ2) is 3.10. The quantitative estimate of drug-likeness (QED) is 0.701. The Bertz CT molecular complexity index is 402. The molecule has 1 unspecified atom stereocenters. The molecule has 4 heteroatoms. The highest BCUT2D eigenvalue weighted by Gasteiger charge is 2.45. The van der Waals surface area contributed by atoms with Crippen molar-refractivity contribution < 1.29 is 4.79 Å². The first-order valence-electron chi connectivity index (χ1n) is 4.25. The van der Waals surface area contributed by atoms with E-state index in [-0.39, 0.29) is 5.91 Å². The molecule has 0 saturated heterocycles. The summed E-state index contributed by atoms with van der Waals surface area (Å²) < 4.78 is 0. The minimum absolute atomic E-state index is 0.289. The Morgan fingerprint density at radius 2 is 2.00 bits per heavy atom. The maximum absolute atomic E-state index is 11.5. The molecule has 1 heterocycles. The second-order valence-corrected chi connectivity index (χ2v) is 3.73. The van der Waals surface area contributed by atoms with Crippen molar-refractivity contribution in [2.75, 3.05) is 0 Å². The highest BCUT2D eigenvalue weighted by atomic mass is 35.5. The molecule has 0 spiro atoms. The molecule has 0 aliphatic carbocycles. The van der Waals surface area contributed by atoms with Gasteiger partial charge in [0.15, 0.2) is 4.87 Å². The highest BCUT2D eigenvalue weighted by Crippen LogP contribution is 2.33. The number of halogens is 1. The van der Waals surface area contributed by atoms with Crippen LogP contribution in [0.15, 0.2) is 35.4 Å². The molecule has 14 heavy (non-hydrogen) atoms. The smallest absolute Gasteiger partial charge is 0.270 e. The van der Waals surface area contributed by atoms with E-state index in [1.54, 1.807) is 6.92 Å². The number of rotatable bonds is 1. The summed E-state index contributed by atoms with van der Waals surface area (Å²) in [6, 6.07) is 9.20. The highest BCUT2D eigenvalue weighted by molar-refractivity contribution is 6.47. The maximum Gasteiger partial charge on any atom is 0.271 e. The zero-order valence-corrected chi connectivity index (χ0v) is 8.38. The fraction of sp³-hybridized carbons (Fsp3) is 0.200. The van der Waals surface area contributed by atoms with E-state index in [0.717, 1.165) is 5.56 Å². The monoisotopic (exact) mass is 208 g/mol. The van der Waals surface area contributed by atoms with Gasteiger partial charge in [0.1, 0.15) is 0 Å². The van der Waals surface area contributed by atoms with Crippen molar-refractivity contribution in [3.05, 3.63) is 35.9 Å². The van der Waals surface area contributed by atoms with Crippen LogP contribution in [-0.2, 0) is 9.67 Å². The maximum atomic E-state index is 11.5. The van der Waals surface area contributed by atoms with Crippen molar-refractivity contribution in [1.29, 1.82) is 0 Å². The second-order valence-electron chi connectivity index (χ2n) is 3.16. The first kappa shape index (κ1) is 9.21. The van der Waals surface area contributed by atoms with E-state index >= 15 is 0 Å². The van der Waals surface area contributed by atoms with Gasteiger partial charge in [0, 0.05) is 0 Å². The van der Waals surface area contributed by atoms with Gasteiger partial charge in [0.05, 0.1) is 5.71 Å². The van der Waals surface area contributed by atoms with Gasteiger partial charge in [-0.15, -0.1) is 0 Å². The van der Waals surface area contributed by atoms with Gasteiger partial charge in [-0.25, -0.2) is 5.43 Å². The van der Waals surface area contributed by atoms with E-state index in [1.807, 2.05) is 30.3 Å². The van der Waals surface area contributed by atoms with Crippen molar-refractivity contribution in [3.63, 3.8) is 0 Å². The Hall–Kier alpha value is -1.35. The molecule has 1 atom stereocenters. The third kappa shape index (κ3) is 1.13. The Morgan fingerprint density at radius 3 is 2.50 bits per heavy atom. The molecular weight excluding hydrogens is 200 g/mol. The number of carbonyl (C=O) groups is 1. The van der Waals surface area contributed by atoms with Crippen molar-refractivity contribution in [3.8, 4) is 0 Å². The molecule has 0 radical (unpaired) electrons. The molecule has 72 valence electrons. The van der Waals surface area contributed by atoms with Gasteiger partial charge in [-0.3, -0.25) is 4.79 Å². The molecule has 2 rings (SSSR count). The number of nitrogens with zero attached hydrogens (tertiary/aromatic N) is 1. The van der Waals surface area contributed by atoms with Gasteiger partial charge >= 0.3 is 0 Å². The lowest BCUT2D eigenvalue weighted by Crippen LogP contribution is -2.36. The van der Waals surface area contributed by atoms with Gasteiger partial charge in [0.25, 0.3) is 5.91 Å². The van der Waals surface area contributed by atoms with Crippen LogP contribution in [-0.4, -0.2) is 11.6 Å². The summed E-state index contributed by atoms with van der Waals surface area (Å²) in [5, 5.41) is 3.83. The SMILES string of the molecule is CC1=NNC(=O)C1(Cl)c1ccccc1. The van der Waals surface area contributed by atoms with Crippen LogP contribution in [0, 0.1) is 0 Å². The third-order valence-electron chi connectivity index (χ3n) is 2.31. The van der Waals surface area contributed by atoms with Crippen LogP contribution in [0.3, 0.4) is 0 Å². The van der Waals surface area contributed by atoms with Crippen LogP contribution in [0.2, 0.25) is 0 Å². The summed E-state index contributed by atoms with van der Waals surface area (Å²) in [4.78, 5) is 10.4. The van der Waals surface area contributed by atoms with Gasteiger partial charge in [-0.05, 0) is 12.5 Å². The average Bonchev–Trinajstić information content (AvgIpc) is 2.49. The largest absolute Gasteiger partial charge is 0.271 e. The number of benzene rings is 1. The summed E-state index contributed by atoms with van der Waals surface area (Å²) in [6.45, 7) is 1.73. The Kier molecular flexibility index (Phi) is 2.04. The van der Waals surface area contributed by atoms with Crippen LogP contribution in [0.1, 0.15) is 12.5 Å². The summed E-state index contributed by atoms with van der Waals surface area (Å²) >= 11 is 6.25. The van der Waals surface area contributed by atoms with E-state index in [4.69, 9.17) is 11.6 Å². The fourth-order valence-corrected chi connectivity index (χ4v) is 1.67. The zero-order chi connectivity index (χ0) is 10.2. The van der Waals surface area contributed by atoms with Crippen molar-refractivity contribution in [1.82, 2.24) is 5.43 Å². The predicted molar refractivity (Wildman–Crippen MR) is 55.2 cm³/mol. The number of alkyl halides is 1. The topological polar surface area (TPSA) is 41.5 Å². The Labute approximate surface area is 86.8 Å². The summed E-state index contributed by atoms with van der Waals surface area (Å²) in [5.74, 6) is -0.289. The van der Waals surface area contributed by atoms with E-state index < -0.39 is 4.87 Å². The van der Waals surface area contributed by atoms with Crippen molar-refractivity contribution >= 4 is 23.2 Å². The first-order chi connectivity index (χ1) is 6.65. The van der Waals surface area contributed by atoms with Gasteiger partial charge in [0.2, 0.25) is 0 Å². The van der Waals surface area contributed by atoms with Crippen LogP contribution in [0.25, 0.3) is 0 Å². The zero-order valence-electron chi connectivity index (χ0n) is 7.62. The standard InChI is InChI=1S/C10H9ClN2O/c1-7-10(11,9(14)13-12-7)8-5-3-2-4-6-8/h2-6H,1H3,(H,13,14). The van der Waals surface area contributed by atoms with Gasteiger partial charge in [-0.1, -0.05) is 41.9 Å². The lowest BCUT2D eigenvalue weighted by atomic mass is 9.94. The van der Waals surface area contributed by atoms with E-state index in [9.17, 15) is 4.79 Å². The molecule has 1 aliphatic heterocycles. The lowest BCUT2D eigenvalue weighted by molar-refractivity contribution is -0.121. The van der Waals surface area contributed by atoms with Crippen LogP contribution < -0.4 is 5.43 Å². The van der Waals surface area contributed by atoms with Crippen molar-refractivity contribution in [2.45, 2.75) is 11.8 Å². The van der Waals surface area contributed by atoms with Crippen molar-refractivity contribution in [2.24, 2.45) is 5.10 Å². The molecular formula is C10H9ClN2O. The average molecular weight is 209 g/mol. The molecule has 0 fully saturated rings. The molecule has 1 aromatic rings. The normalized spacial score (nSPS) is 25.9. The van der Waals surface area contributed by atoms with E-state index in [1.165, 1.54) is 0 Å². The summed E-state index contributed by atoms with van der Waals surface area (Å²) in [7, 11) is 0. The molecule has 1 amide bonds. The number of amides is 1. The van der Waals surface area contributed by atoms with Gasteiger partial charge < -0.3 is 0 Å². The summed E-state index contributed by atoms with van der Waals surface area (Å²) in [5.41, 5.74) is 3.70.